The Bertz CT molecular complexity index is 862. The summed E-state index contributed by atoms with van der Waals surface area (Å²) >= 11 is 0. The molecule has 0 radical (unpaired) electrons. The number of Topliss-reactive ketones (excluding diaryl/α,β-unsaturated/α-hetero) is 1. The molecular formula is C20H19FN2O3. The lowest BCUT2D eigenvalue weighted by molar-refractivity contribution is 0.0795. The minimum absolute atomic E-state index is 0.0654. The second-order valence-electron chi connectivity index (χ2n) is 6.56. The third-order valence-corrected chi connectivity index (χ3v) is 4.84. The standard InChI is InChI=1S/C20H19FN2O3/c21-15-11-13(7-8-17(15)23-9-3-4-10-23)20(25)22-16-12-26-18-6-2-1-5-14(18)19(16)24/h1-2,5-8,11,16H,3-4,9-10,12H2,(H,22,25). The molecule has 2 aliphatic heterocycles. The number of halogens is 1. The molecule has 134 valence electrons. The van der Waals surface area contributed by atoms with Gasteiger partial charge < -0.3 is 15.0 Å². The summed E-state index contributed by atoms with van der Waals surface area (Å²) in [6.07, 6.45) is 2.10. The molecule has 6 heteroatoms. The molecule has 1 atom stereocenters. The summed E-state index contributed by atoms with van der Waals surface area (Å²) in [7, 11) is 0. The van der Waals surface area contributed by atoms with Crippen LogP contribution in [0.1, 0.15) is 33.6 Å². The van der Waals surface area contributed by atoms with Crippen molar-refractivity contribution < 1.29 is 18.7 Å². The van der Waals surface area contributed by atoms with Gasteiger partial charge in [-0.25, -0.2) is 4.39 Å². The van der Waals surface area contributed by atoms with Crippen LogP contribution < -0.4 is 15.0 Å². The van der Waals surface area contributed by atoms with Gasteiger partial charge in [0.1, 0.15) is 24.2 Å². The highest BCUT2D eigenvalue weighted by Crippen LogP contribution is 2.26. The highest BCUT2D eigenvalue weighted by Gasteiger charge is 2.30. The zero-order valence-corrected chi connectivity index (χ0v) is 14.2. The SMILES string of the molecule is O=C(NC1COc2ccccc2C1=O)c1ccc(N2CCCC2)c(F)c1. The molecule has 1 unspecified atom stereocenters. The molecule has 1 amide bonds. The van der Waals surface area contributed by atoms with Crippen LogP contribution in [0.3, 0.4) is 0 Å². The molecule has 1 N–H and O–H groups in total. The van der Waals surface area contributed by atoms with Gasteiger partial charge in [-0.2, -0.15) is 0 Å². The van der Waals surface area contributed by atoms with E-state index in [1.54, 1.807) is 36.4 Å². The van der Waals surface area contributed by atoms with E-state index in [0.717, 1.165) is 25.9 Å². The molecule has 1 saturated heterocycles. The number of hydrogen-bond acceptors (Lipinski definition) is 4. The lowest BCUT2D eigenvalue weighted by Crippen LogP contribution is -2.47. The number of carbonyl (C=O) groups is 2. The first-order chi connectivity index (χ1) is 12.6. The smallest absolute Gasteiger partial charge is 0.252 e. The summed E-state index contributed by atoms with van der Waals surface area (Å²) in [6.45, 7) is 1.72. The fourth-order valence-corrected chi connectivity index (χ4v) is 3.44. The minimum atomic E-state index is -0.779. The van der Waals surface area contributed by atoms with Crippen molar-refractivity contribution >= 4 is 17.4 Å². The molecule has 2 aliphatic rings. The molecule has 0 bridgehead atoms. The second-order valence-corrected chi connectivity index (χ2v) is 6.56. The Hall–Kier alpha value is -2.89. The zero-order valence-electron chi connectivity index (χ0n) is 14.2. The van der Waals surface area contributed by atoms with Crippen LogP contribution in [0.5, 0.6) is 5.75 Å². The molecule has 2 aromatic rings. The second kappa shape index (κ2) is 6.78. The summed E-state index contributed by atoms with van der Waals surface area (Å²) in [5, 5.41) is 2.65. The maximum absolute atomic E-state index is 14.4. The summed E-state index contributed by atoms with van der Waals surface area (Å²) in [5.41, 5.74) is 1.15. The predicted molar refractivity (Wildman–Crippen MR) is 95.4 cm³/mol. The Labute approximate surface area is 150 Å². The van der Waals surface area contributed by atoms with E-state index in [1.165, 1.54) is 6.07 Å². The average molecular weight is 354 g/mol. The van der Waals surface area contributed by atoms with Crippen LogP contribution in [0.4, 0.5) is 10.1 Å². The molecule has 0 saturated carbocycles. The van der Waals surface area contributed by atoms with Gasteiger partial charge in [-0.3, -0.25) is 9.59 Å². The number of para-hydroxylation sites is 1. The lowest BCUT2D eigenvalue weighted by Gasteiger charge is -2.25. The van der Waals surface area contributed by atoms with Gasteiger partial charge in [-0.1, -0.05) is 12.1 Å². The van der Waals surface area contributed by atoms with Gasteiger partial charge in [0, 0.05) is 18.7 Å². The van der Waals surface area contributed by atoms with Crippen LogP contribution in [0.15, 0.2) is 42.5 Å². The maximum Gasteiger partial charge on any atom is 0.252 e. The number of fused-ring (bicyclic) bond motifs is 1. The molecule has 1 fully saturated rings. The Balaban J connectivity index is 1.48. The minimum Gasteiger partial charge on any atom is -0.490 e. The topological polar surface area (TPSA) is 58.6 Å². The molecule has 2 aromatic carbocycles. The van der Waals surface area contributed by atoms with Crippen LogP contribution in [0.25, 0.3) is 0 Å². The highest BCUT2D eigenvalue weighted by molar-refractivity contribution is 6.06. The van der Waals surface area contributed by atoms with Crippen LogP contribution in [-0.2, 0) is 0 Å². The molecule has 0 spiro atoms. The van der Waals surface area contributed by atoms with E-state index in [-0.39, 0.29) is 18.0 Å². The first-order valence-corrected chi connectivity index (χ1v) is 8.75. The van der Waals surface area contributed by atoms with Crippen LogP contribution in [0, 0.1) is 5.82 Å². The van der Waals surface area contributed by atoms with Crippen molar-refractivity contribution in [3.05, 3.63) is 59.4 Å². The van der Waals surface area contributed by atoms with Gasteiger partial charge in [0.2, 0.25) is 0 Å². The predicted octanol–water partition coefficient (Wildman–Crippen LogP) is 2.80. The Morgan fingerprint density at radius 3 is 2.69 bits per heavy atom. The van der Waals surface area contributed by atoms with Crippen molar-refractivity contribution in [3.8, 4) is 5.75 Å². The van der Waals surface area contributed by atoms with E-state index < -0.39 is 17.8 Å². The number of ether oxygens (including phenoxy) is 1. The average Bonchev–Trinajstić information content (AvgIpc) is 3.18. The number of anilines is 1. The normalized spacial score (nSPS) is 19.0. The number of nitrogens with one attached hydrogen (secondary N) is 1. The van der Waals surface area contributed by atoms with Gasteiger partial charge in [0.05, 0.1) is 11.3 Å². The van der Waals surface area contributed by atoms with Crippen molar-refractivity contribution in [1.29, 1.82) is 0 Å². The van der Waals surface area contributed by atoms with Gasteiger partial charge in [0.15, 0.2) is 5.78 Å². The number of benzene rings is 2. The van der Waals surface area contributed by atoms with Gasteiger partial charge in [0.25, 0.3) is 5.91 Å². The van der Waals surface area contributed by atoms with Crippen molar-refractivity contribution in [3.63, 3.8) is 0 Å². The molecule has 2 heterocycles. The number of ketones is 1. The molecule has 26 heavy (non-hydrogen) atoms. The largest absolute Gasteiger partial charge is 0.490 e. The lowest BCUT2D eigenvalue weighted by atomic mass is 10.0. The van der Waals surface area contributed by atoms with Crippen LogP contribution >= 0.6 is 0 Å². The van der Waals surface area contributed by atoms with Gasteiger partial charge in [-0.05, 0) is 43.2 Å². The Morgan fingerprint density at radius 2 is 1.92 bits per heavy atom. The van der Waals surface area contributed by atoms with Crippen molar-refractivity contribution in [2.75, 3.05) is 24.6 Å². The third kappa shape index (κ3) is 3.03. The molecule has 0 aromatic heterocycles. The highest BCUT2D eigenvalue weighted by atomic mass is 19.1. The van der Waals surface area contributed by atoms with E-state index in [1.807, 2.05) is 4.90 Å². The molecular weight excluding hydrogens is 335 g/mol. The van der Waals surface area contributed by atoms with E-state index in [4.69, 9.17) is 4.74 Å². The molecule has 0 aliphatic carbocycles. The summed E-state index contributed by atoms with van der Waals surface area (Å²) in [6, 6.07) is 10.6. The van der Waals surface area contributed by atoms with Crippen LogP contribution in [-0.4, -0.2) is 37.4 Å². The Kier molecular flexibility index (Phi) is 4.32. The summed E-state index contributed by atoms with van der Waals surface area (Å²) in [4.78, 5) is 26.9. The maximum atomic E-state index is 14.4. The van der Waals surface area contributed by atoms with E-state index in [9.17, 15) is 14.0 Å². The number of amides is 1. The van der Waals surface area contributed by atoms with Gasteiger partial charge in [-0.15, -0.1) is 0 Å². The Morgan fingerprint density at radius 1 is 1.15 bits per heavy atom. The first-order valence-electron chi connectivity index (χ1n) is 8.75. The van der Waals surface area contributed by atoms with Gasteiger partial charge >= 0.3 is 0 Å². The zero-order chi connectivity index (χ0) is 18.1. The fraction of sp³-hybridized carbons (Fsp3) is 0.300. The summed E-state index contributed by atoms with van der Waals surface area (Å²) < 4.78 is 19.9. The third-order valence-electron chi connectivity index (χ3n) is 4.84. The number of hydrogen-bond donors (Lipinski definition) is 1. The van der Waals surface area contributed by atoms with E-state index in [2.05, 4.69) is 5.32 Å². The number of carbonyl (C=O) groups excluding carboxylic acids is 2. The van der Waals surface area contributed by atoms with E-state index in [0.29, 0.717) is 17.0 Å². The van der Waals surface area contributed by atoms with Crippen molar-refractivity contribution in [2.24, 2.45) is 0 Å². The van der Waals surface area contributed by atoms with Crippen molar-refractivity contribution in [2.45, 2.75) is 18.9 Å². The number of rotatable bonds is 3. The quantitative estimate of drug-likeness (QED) is 0.921. The number of nitrogens with zero attached hydrogens (tertiary/aromatic N) is 1. The van der Waals surface area contributed by atoms with Crippen LogP contribution in [0.2, 0.25) is 0 Å². The van der Waals surface area contributed by atoms with E-state index >= 15 is 0 Å². The monoisotopic (exact) mass is 354 g/mol. The van der Waals surface area contributed by atoms with Crippen molar-refractivity contribution in [1.82, 2.24) is 5.32 Å². The molecule has 5 nitrogen and oxygen atoms in total. The first kappa shape index (κ1) is 16.6. The molecule has 4 rings (SSSR count). The summed E-state index contributed by atoms with van der Waals surface area (Å²) in [5.74, 6) is -0.590. The fourth-order valence-electron chi connectivity index (χ4n) is 3.44.